The van der Waals surface area contributed by atoms with Crippen LogP contribution in [0.5, 0.6) is 5.75 Å². The second-order valence-electron chi connectivity index (χ2n) is 11.5. The smallest absolute Gasteiger partial charge is 0.272 e. The lowest BCUT2D eigenvalue weighted by molar-refractivity contribution is -0.0660. The number of carbonyl (C=O) groups excluding carboxylic acids is 1. The van der Waals surface area contributed by atoms with Crippen molar-refractivity contribution in [2.24, 2.45) is 0 Å². The molecule has 1 amide bonds. The molecule has 3 aliphatic heterocycles. The predicted octanol–water partition coefficient (Wildman–Crippen LogP) is 3.03. The summed E-state index contributed by atoms with van der Waals surface area (Å²) < 4.78 is 26.4. The second kappa shape index (κ2) is 13.1. The molecule has 3 aliphatic rings. The van der Waals surface area contributed by atoms with Crippen LogP contribution in [0.2, 0.25) is 0 Å². The number of nitrogens with one attached hydrogen (secondary N) is 2. The minimum absolute atomic E-state index is 0.112. The summed E-state index contributed by atoms with van der Waals surface area (Å²) in [7, 11) is 0. The third-order valence-electron chi connectivity index (χ3n) is 8.65. The van der Waals surface area contributed by atoms with Gasteiger partial charge in [0.1, 0.15) is 29.9 Å². The van der Waals surface area contributed by atoms with Crippen molar-refractivity contribution < 1.29 is 18.7 Å². The highest BCUT2D eigenvalue weighted by atomic mass is 19.1. The normalized spacial score (nSPS) is 20.5. The van der Waals surface area contributed by atoms with Crippen molar-refractivity contribution in [1.29, 1.82) is 5.26 Å². The first kappa shape index (κ1) is 29.6. The molecule has 4 aromatic rings. The van der Waals surface area contributed by atoms with Gasteiger partial charge in [-0.25, -0.2) is 19.3 Å². The molecule has 236 valence electrons. The first-order valence-corrected chi connectivity index (χ1v) is 15.3. The van der Waals surface area contributed by atoms with Gasteiger partial charge in [0, 0.05) is 56.1 Å². The lowest BCUT2D eigenvalue weighted by atomic mass is 10.0. The van der Waals surface area contributed by atoms with Gasteiger partial charge in [0.2, 0.25) is 5.95 Å². The fourth-order valence-electron chi connectivity index (χ4n) is 5.93. The van der Waals surface area contributed by atoms with Gasteiger partial charge in [-0.05, 0) is 42.5 Å². The third-order valence-corrected chi connectivity index (χ3v) is 8.65. The molecule has 2 aromatic carbocycles. The van der Waals surface area contributed by atoms with Crippen molar-refractivity contribution >= 4 is 23.2 Å². The molecule has 1 unspecified atom stereocenters. The number of H-pyrrole nitrogens is 1. The van der Waals surface area contributed by atoms with Crippen molar-refractivity contribution in [1.82, 2.24) is 34.7 Å². The molecule has 2 atom stereocenters. The Kier molecular flexibility index (Phi) is 8.41. The molecule has 3 saturated heterocycles. The van der Waals surface area contributed by atoms with Crippen LogP contribution in [0.25, 0.3) is 11.4 Å². The Balaban J connectivity index is 0.968. The number of amides is 1. The topological polar surface area (TPSA) is 148 Å². The molecule has 0 aliphatic carbocycles. The van der Waals surface area contributed by atoms with E-state index in [2.05, 4.69) is 58.2 Å². The van der Waals surface area contributed by atoms with Crippen LogP contribution >= 0.6 is 0 Å². The summed E-state index contributed by atoms with van der Waals surface area (Å²) in [6.45, 7) is 5.93. The van der Waals surface area contributed by atoms with Crippen LogP contribution in [-0.4, -0.2) is 111 Å². The van der Waals surface area contributed by atoms with Crippen LogP contribution in [0.3, 0.4) is 0 Å². The van der Waals surface area contributed by atoms with E-state index in [0.717, 1.165) is 45.1 Å². The molecule has 0 saturated carbocycles. The summed E-state index contributed by atoms with van der Waals surface area (Å²) in [5.41, 5.74) is 3.14. The van der Waals surface area contributed by atoms with E-state index in [4.69, 9.17) is 9.47 Å². The largest absolute Gasteiger partial charge is 0.486 e. The van der Waals surface area contributed by atoms with Gasteiger partial charge in [0.05, 0.1) is 43.9 Å². The van der Waals surface area contributed by atoms with Gasteiger partial charge in [-0.1, -0.05) is 0 Å². The van der Waals surface area contributed by atoms with E-state index in [9.17, 15) is 10.1 Å². The van der Waals surface area contributed by atoms with Crippen LogP contribution in [0, 0.1) is 11.3 Å². The van der Waals surface area contributed by atoms with E-state index >= 15 is 4.39 Å². The Hall–Kier alpha value is -5.13. The highest BCUT2D eigenvalue weighted by Gasteiger charge is 2.34. The van der Waals surface area contributed by atoms with Gasteiger partial charge < -0.3 is 29.6 Å². The lowest BCUT2D eigenvalue weighted by Crippen LogP contribution is -2.56. The Morgan fingerprint density at radius 1 is 1.09 bits per heavy atom. The van der Waals surface area contributed by atoms with E-state index in [1.165, 1.54) is 29.4 Å². The number of carbonyl (C=O) groups is 1. The Morgan fingerprint density at radius 3 is 2.61 bits per heavy atom. The first-order chi connectivity index (χ1) is 22.5. The average Bonchev–Trinajstić information content (AvgIpc) is 3.61. The lowest BCUT2D eigenvalue weighted by Gasteiger charge is -2.43. The van der Waals surface area contributed by atoms with Crippen molar-refractivity contribution in [3.8, 4) is 23.2 Å². The van der Waals surface area contributed by atoms with E-state index in [1.54, 1.807) is 18.2 Å². The molecule has 0 bridgehead atoms. The first-order valence-electron chi connectivity index (χ1n) is 15.3. The molecular weight excluding hydrogens is 591 g/mol. The average molecular weight is 625 g/mol. The molecule has 2 N–H and O–H groups in total. The summed E-state index contributed by atoms with van der Waals surface area (Å²) in [5.74, 6) is 0.692. The number of hydrogen-bond donors (Lipinski definition) is 2. The summed E-state index contributed by atoms with van der Waals surface area (Å²) in [6, 6.07) is 15.9. The van der Waals surface area contributed by atoms with Gasteiger partial charge in [-0.3, -0.25) is 9.69 Å². The van der Waals surface area contributed by atoms with Gasteiger partial charge in [-0.2, -0.15) is 10.2 Å². The maximum atomic E-state index is 15.1. The molecule has 5 heterocycles. The number of piperidine rings is 1. The molecule has 7 rings (SSSR count). The van der Waals surface area contributed by atoms with Crippen molar-refractivity contribution in [2.75, 3.05) is 62.7 Å². The molecule has 13 nitrogen and oxygen atoms in total. The molecular formula is C32H33FN10O3. The minimum atomic E-state index is -1.42. The highest BCUT2D eigenvalue weighted by Crippen LogP contribution is 2.29. The zero-order valence-electron chi connectivity index (χ0n) is 25.0. The number of hydrogen-bond acceptors (Lipinski definition) is 11. The second-order valence-corrected chi connectivity index (χ2v) is 11.5. The number of nitrogens with zero attached hydrogens (tertiary/aromatic N) is 8. The number of aromatic amines is 1. The SMILES string of the molecule is N#Cc1cc(-c2ncnc(Nc3ccc(N4CCN(C5COC5)CC4)cc3)n2)ccc1OC1CCN(C(=O)c2cnc[nH]2)C[C@H]1F. The number of rotatable bonds is 8. The number of halogens is 1. The Bertz CT molecular complexity index is 1700. The van der Waals surface area contributed by atoms with Gasteiger partial charge in [-0.15, -0.1) is 0 Å². The summed E-state index contributed by atoms with van der Waals surface area (Å²) >= 11 is 0. The maximum absolute atomic E-state index is 15.1. The quantitative estimate of drug-likeness (QED) is 0.298. The van der Waals surface area contributed by atoms with Gasteiger partial charge in [0.25, 0.3) is 5.91 Å². The number of alkyl halides is 1. The fourth-order valence-corrected chi connectivity index (χ4v) is 5.93. The third kappa shape index (κ3) is 6.33. The number of nitriles is 1. The van der Waals surface area contributed by atoms with Crippen LogP contribution in [-0.2, 0) is 4.74 Å². The molecule has 2 aromatic heterocycles. The van der Waals surface area contributed by atoms with E-state index < -0.39 is 12.3 Å². The van der Waals surface area contributed by atoms with E-state index in [1.807, 2.05) is 12.1 Å². The number of aromatic nitrogens is 5. The number of benzene rings is 2. The Morgan fingerprint density at radius 2 is 1.91 bits per heavy atom. The van der Waals surface area contributed by atoms with Crippen LogP contribution in [0.1, 0.15) is 22.5 Å². The van der Waals surface area contributed by atoms with Crippen LogP contribution in [0.15, 0.2) is 61.3 Å². The fraction of sp³-hybridized carbons (Fsp3) is 0.375. The van der Waals surface area contributed by atoms with E-state index in [0.29, 0.717) is 35.6 Å². The van der Waals surface area contributed by atoms with Crippen LogP contribution < -0.4 is 15.0 Å². The summed E-state index contributed by atoms with van der Waals surface area (Å²) in [6.07, 6.45) is 2.30. The monoisotopic (exact) mass is 624 g/mol. The number of piperazine rings is 1. The maximum Gasteiger partial charge on any atom is 0.272 e. The molecule has 0 radical (unpaired) electrons. The number of imidazole rings is 1. The minimum Gasteiger partial charge on any atom is -0.486 e. The Labute approximate surface area is 265 Å². The summed E-state index contributed by atoms with van der Waals surface area (Å²) in [4.78, 5) is 38.6. The van der Waals surface area contributed by atoms with Gasteiger partial charge in [0.15, 0.2) is 12.0 Å². The molecule has 46 heavy (non-hydrogen) atoms. The van der Waals surface area contributed by atoms with Crippen molar-refractivity contribution in [3.63, 3.8) is 0 Å². The molecule has 14 heteroatoms. The highest BCUT2D eigenvalue weighted by molar-refractivity contribution is 5.92. The molecule has 0 spiro atoms. The van der Waals surface area contributed by atoms with Crippen molar-refractivity contribution in [3.05, 3.63) is 72.6 Å². The standard InChI is InChI=1S/C32H33FN10O3/c33-26-16-43(31(44)27-15-35-19-36-27)8-7-29(26)46-28-6-1-21(13-22(28)14-34)30-37-20-38-32(40-30)39-23-2-4-24(5-3-23)41-9-11-42(12-10-41)25-17-45-18-25/h1-6,13,15,19-20,25-26,29H,7-12,16-18H2,(H,35,36)(H,37,38,39,40)/t26-,29?/m1/s1. The van der Waals surface area contributed by atoms with E-state index in [-0.39, 0.29) is 30.2 Å². The number of anilines is 3. The van der Waals surface area contributed by atoms with Crippen LogP contribution in [0.4, 0.5) is 21.7 Å². The summed E-state index contributed by atoms with van der Waals surface area (Å²) in [5, 5.41) is 13.1. The number of likely N-dealkylation sites (tertiary alicyclic amines) is 1. The van der Waals surface area contributed by atoms with Crippen molar-refractivity contribution in [2.45, 2.75) is 24.7 Å². The molecule has 3 fully saturated rings. The number of ether oxygens (including phenoxy) is 2. The van der Waals surface area contributed by atoms with Gasteiger partial charge >= 0.3 is 0 Å². The predicted molar refractivity (Wildman–Crippen MR) is 167 cm³/mol. The zero-order valence-corrected chi connectivity index (χ0v) is 25.0. The zero-order chi connectivity index (χ0) is 31.5.